The average molecular weight is 508 g/mol. The lowest BCUT2D eigenvalue weighted by Crippen LogP contribution is -2.27. The second kappa shape index (κ2) is 9.51. The first-order valence-electron chi connectivity index (χ1n) is 9.67. The average Bonchev–Trinajstić information content (AvgIpc) is 3.05. The van der Waals surface area contributed by atoms with Crippen LogP contribution in [0.4, 0.5) is 4.79 Å². The molecule has 0 radical (unpaired) electrons. The van der Waals surface area contributed by atoms with Crippen LogP contribution in [0.5, 0.6) is 11.5 Å². The molecule has 4 rings (SSSR count). The van der Waals surface area contributed by atoms with Crippen molar-refractivity contribution in [2.24, 2.45) is 0 Å². The van der Waals surface area contributed by atoms with Gasteiger partial charge in [-0.3, -0.25) is 14.5 Å². The fourth-order valence-corrected chi connectivity index (χ4v) is 4.88. The molecule has 1 fully saturated rings. The lowest BCUT2D eigenvalue weighted by molar-refractivity contribution is -0.123. The highest BCUT2D eigenvalue weighted by molar-refractivity contribution is 9.10. The Morgan fingerprint density at radius 1 is 1.16 bits per heavy atom. The van der Waals surface area contributed by atoms with E-state index in [4.69, 9.17) is 15.9 Å². The van der Waals surface area contributed by atoms with Gasteiger partial charge in [-0.2, -0.15) is 0 Å². The van der Waals surface area contributed by atoms with Crippen LogP contribution in [0.15, 0.2) is 64.0 Å². The summed E-state index contributed by atoms with van der Waals surface area (Å²) in [5, 5.41) is 1.79. The molecule has 1 heterocycles. The van der Waals surface area contributed by atoms with E-state index in [1.165, 1.54) is 12.0 Å². The molecule has 0 bridgehead atoms. The zero-order valence-electron chi connectivity index (χ0n) is 17.1. The number of methoxy groups -OCH3 is 1. The minimum absolute atomic E-state index is 0.0986. The van der Waals surface area contributed by atoms with Crippen LogP contribution in [0.25, 0.3) is 16.8 Å². The topological polar surface area (TPSA) is 55.8 Å². The van der Waals surface area contributed by atoms with Crippen molar-refractivity contribution >= 4 is 55.7 Å². The van der Waals surface area contributed by atoms with Crippen molar-refractivity contribution in [1.82, 2.24) is 4.90 Å². The molecule has 32 heavy (non-hydrogen) atoms. The highest BCUT2D eigenvalue weighted by atomic mass is 79.9. The second-order valence-electron chi connectivity index (χ2n) is 6.93. The molecule has 0 saturated carbocycles. The number of hydrogen-bond acceptors (Lipinski definition) is 5. The minimum Gasteiger partial charge on any atom is -0.493 e. The Morgan fingerprint density at radius 2 is 1.94 bits per heavy atom. The Labute approximate surface area is 198 Å². The third-order valence-electron chi connectivity index (χ3n) is 4.93. The summed E-state index contributed by atoms with van der Waals surface area (Å²) in [6.07, 6.45) is 6.94. The summed E-state index contributed by atoms with van der Waals surface area (Å²) in [5.41, 5.74) is 1.61. The maximum atomic E-state index is 13.0. The summed E-state index contributed by atoms with van der Waals surface area (Å²) < 4.78 is 11.6. The zero-order chi connectivity index (χ0) is 22.7. The number of nitrogens with zero attached hydrogens (tertiary/aromatic N) is 1. The Kier molecular flexibility index (Phi) is 6.54. The number of carbonyl (C=O) groups excluding carboxylic acids is 2. The molecular weight excluding hydrogens is 490 g/mol. The molecule has 7 heteroatoms. The quantitative estimate of drug-likeness (QED) is 0.309. The van der Waals surface area contributed by atoms with Gasteiger partial charge < -0.3 is 9.47 Å². The molecule has 1 aliphatic heterocycles. The van der Waals surface area contributed by atoms with Gasteiger partial charge in [-0.1, -0.05) is 48.4 Å². The van der Waals surface area contributed by atoms with Crippen molar-refractivity contribution in [2.75, 3.05) is 13.7 Å². The summed E-state index contributed by atoms with van der Waals surface area (Å²) in [6, 6.07) is 17.3. The highest BCUT2D eigenvalue weighted by Crippen LogP contribution is 2.39. The number of ether oxygens (including phenoxy) is 2. The van der Waals surface area contributed by atoms with Gasteiger partial charge in [0, 0.05) is 0 Å². The lowest BCUT2D eigenvalue weighted by atomic mass is 10.0. The third-order valence-corrected chi connectivity index (χ3v) is 6.43. The van der Waals surface area contributed by atoms with E-state index in [-0.39, 0.29) is 24.3 Å². The Hall–Kier alpha value is -3.21. The largest absolute Gasteiger partial charge is 0.493 e. The Morgan fingerprint density at radius 3 is 2.72 bits per heavy atom. The van der Waals surface area contributed by atoms with E-state index in [0.29, 0.717) is 26.4 Å². The fraction of sp³-hybridized carbons (Fsp3) is 0.120. The maximum absolute atomic E-state index is 13.0. The molecule has 2 amide bonds. The fourth-order valence-electron chi connectivity index (χ4n) is 3.47. The molecule has 3 aromatic rings. The molecule has 0 atom stereocenters. The van der Waals surface area contributed by atoms with Crippen molar-refractivity contribution in [1.29, 1.82) is 0 Å². The van der Waals surface area contributed by atoms with E-state index in [1.54, 1.807) is 18.2 Å². The molecule has 0 unspecified atom stereocenters. The first kappa shape index (κ1) is 22.0. The number of hydrogen-bond donors (Lipinski definition) is 0. The van der Waals surface area contributed by atoms with Gasteiger partial charge in [-0.25, -0.2) is 0 Å². The number of terminal acetylenes is 1. The second-order valence-corrected chi connectivity index (χ2v) is 8.78. The first-order chi connectivity index (χ1) is 15.5. The summed E-state index contributed by atoms with van der Waals surface area (Å²) >= 11 is 4.38. The van der Waals surface area contributed by atoms with Crippen LogP contribution in [-0.2, 0) is 11.3 Å². The van der Waals surface area contributed by atoms with E-state index >= 15 is 0 Å². The molecule has 0 spiro atoms. The van der Waals surface area contributed by atoms with E-state index in [1.807, 2.05) is 42.5 Å². The van der Waals surface area contributed by atoms with Gasteiger partial charge >= 0.3 is 0 Å². The minimum atomic E-state index is -0.323. The monoisotopic (exact) mass is 507 g/mol. The Balaban J connectivity index is 1.61. The number of carbonyl (C=O) groups is 2. The molecule has 1 aliphatic rings. The summed E-state index contributed by atoms with van der Waals surface area (Å²) in [6.45, 7) is 0.316. The summed E-state index contributed by atoms with van der Waals surface area (Å²) in [5.74, 6) is 3.04. The van der Waals surface area contributed by atoms with E-state index in [9.17, 15) is 9.59 Å². The van der Waals surface area contributed by atoms with Gasteiger partial charge in [-0.05, 0) is 67.8 Å². The van der Waals surface area contributed by atoms with Gasteiger partial charge in [0.05, 0.1) is 23.0 Å². The van der Waals surface area contributed by atoms with Crippen molar-refractivity contribution in [3.63, 3.8) is 0 Å². The highest BCUT2D eigenvalue weighted by Gasteiger charge is 2.35. The zero-order valence-corrected chi connectivity index (χ0v) is 19.5. The maximum Gasteiger partial charge on any atom is 0.293 e. The molecule has 5 nitrogen and oxygen atoms in total. The van der Waals surface area contributed by atoms with Gasteiger partial charge in [0.1, 0.15) is 6.61 Å². The van der Waals surface area contributed by atoms with Gasteiger partial charge in [0.15, 0.2) is 11.5 Å². The van der Waals surface area contributed by atoms with Crippen LogP contribution in [0, 0.1) is 12.3 Å². The lowest BCUT2D eigenvalue weighted by Gasteiger charge is -2.14. The molecule has 160 valence electrons. The Bertz CT molecular complexity index is 1290. The van der Waals surface area contributed by atoms with Crippen molar-refractivity contribution in [3.8, 4) is 23.8 Å². The van der Waals surface area contributed by atoms with Crippen molar-refractivity contribution in [2.45, 2.75) is 6.54 Å². The van der Waals surface area contributed by atoms with Gasteiger partial charge in [0.2, 0.25) is 0 Å². The number of fused-ring (bicyclic) bond motifs is 1. The van der Waals surface area contributed by atoms with E-state index in [0.717, 1.165) is 28.1 Å². The number of thioether (sulfide) groups is 1. The summed E-state index contributed by atoms with van der Waals surface area (Å²) in [4.78, 5) is 27.3. The van der Waals surface area contributed by atoms with E-state index < -0.39 is 0 Å². The van der Waals surface area contributed by atoms with E-state index in [2.05, 4.69) is 21.9 Å². The molecule has 0 N–H and O–H groups in total. The predicted molar refractivity (Wildman–Crippen MR) is 130 cm³/mol. The number of amides is 2. The number of rotatable bonds is 6. The number of benzene rings is 3. The van der Waals surface area contributed by atoms with Crippen LogP contribution < -0.4 is 9.47 Å². The first-order valence-corrected chi connectivity index (χ1v) is 11.3. The standard InChI is InChI=1S/C25H18BrNO4S/c1-3-11-31-23-20(26)12-16(13-21(23)30-2)14-22-24(28)27(25(29)32-22)15-18-9-6-8-17-7-4-5-10-19(17)18/h1,4-10,12-14H,11,15H2,2H3/b22-14-. The van der Waals surface area contributed by atoms with Crippen molar-refractivity contribution < 1.29 is 19.1 Å². The molecular formula is C25H18BrNO4S. The molecule has 3 aromatic carbocycles. The van der Waals surface area contributed by atoms with Crippen LogP contribution >= 0.6 is 27.7 Å². The predicted octanol–water partition coefficient (Wildman–Crippen LogP) is 5.86. The smallest absolute Gasteiger partial charge is 0.293 e. The molecule has 0 aliphatic carbocycles. The molecule has 1 saturated heterocycles. The van der Waals surface area contributed by atoms with Crippen molar-refractivity contribution in [3.05, 3.63) is 75.1 Å². The number of halogens is 1. The van der Waals surface area contributed by atoms with Crippen LogP contribution in [-0.4, -0.2) is 29.8 Å². The number of imide groups is 1. The SMILES string of the molecule is C#CCOc1c(Br)cc(/C=C2\SC(=O)N(Cc3cccc4ccccc34)C2=O)cc1OC. The van der Waals surface area contributed by atoms with Crippen LogP contribution in [0.2, 0.25) is 0 Å². The van der Waals surface area contributed by atoms with Crippen LogP contribution in [0.1, 0.15) is 11.1 Å². The third kappa shape index (κ3) is 4.38. The van der Waals surface area contributed by atoms with Crippen LogP contribution in [0.3, 0.4) is 0 Å². The normalized spacial score (nSPS) is 14.8. The van der Waals surface area contributed by atoms with Gasteiger partial charge in [-0.15, -0.1) is 6.42 Å². The van der Waals surface area contributed by atoms with Gasteiger partial charge in [0.25, 0.3) is 11.1 Å². The summed E-state index contributed by atoms with van der Waals surface area (Å²) in [7, 11) is 1.52. The molecule has 0 aromatic heterocycles.